The van der Waals surface area contributed by atoms with Crippen LogP contribution in [0.5, 0.6) is 0 Å². The molecule has 0 spiro atoms. The first kappa shape index (κ1) is 13.6. The molecule has 0 saturated carbocycles. The van der Waals surface area contributed by atoms with Gasteiger partial charge in [0.15, 0.2) is 0 Å². The molecule has 16 heavy (non-hydrogen) atoms. The second-order valence-corrected chi connectivity index (χ2v) is 5.55. The third kappa shape index (κ3) is 2.80. The number of thioether (sulfide) groups is 1. The summed E-state index contributed by atoms with van der Waals surface area (Å²) in [6.07, 6.45) is 3.19. The third-order valence-electron chi connectivity index (χ3n) is 3.43. The summed E-state index contributed by atoms with van der Waals surface area (Å²) in [6, 6.07) is 2.45. The van der Waals surface area contributed by atoms with E-state index in [2.05, 4.69) is 40.0 Å². The number of benzene rings is 1. The average molecular weight is 237 g/mol. The van der Waals surface area contributed by atoms with Gasteiger partial charge in [-0.15, -0.1) is 0 Å². The highest BCUT2D eigenvalue weighted by molar-refractivity contribution is 7.98. The molecular formula is C14H23NS. The fourth-order valence-corrected chi connectivity index (χ4v) is 2.68. The summed E-state index contributed by atoms with van der Waals surface area (Å²) in [5, 5.41) is 0. The molecular weight excluding hydrogens is 214 g/mol. The topological polar surface area (TPSA) is 26.0 Å². The molecule has 0 aliphatic carbocycles. The van der Waals surface area contributed by atoms with Gasteiger partial charge in [0.1, 0.15) is 0 Å². The van der Waals surface area contributed by atoms with E-state index in [9.17, 15) is 0 Å². The van der Waals surface area contributed by atoms with Crippen LogP contribution in [0, 0.1) is 27.7 Å². The van der Waals surface area contributed by atoms with E-state index in [4.69, 9.17) is 5.73 Å². The minimum absolute atomic E-state index is 0.186. The predicted molar refractivity (Wildman–Crippen MR) is 75.3 cm³/mol. The van der Waals surface area contributed by atoms with Gasteiger partial charge in [0, 0.05) is 6.04 Å². The number of hydrogen-bond acceptors (Lipinski definition) is 2. The van der Waals surface area contributed by atoms with Gasteiger partial charge in [-0.05, 0) is 73.9 Å². The summed E-state index contributed by atoms with van der Waals surface area (Å²) in [7, 11) is 0. The zero-order valence-corrected chi connectivity index (χ0v) is 11.9. The van der Waals surface area contributed by atoms with Crippen molar-refractivity contribution in [1.29, 1.82) is 0 Å². The van der Waals surface area contributed by atoms with Crippen LogP contribution in [-0.4, -0.2) is 12.0 Å². The van der Waals surface area contributed by atoms with Crippen molar-refractivity contribution >= 4 is 11.8 Å². The summed E-state index contributed by atoms with van der Waals surface area (Å²) in [6.45, 7) is 8.73. The van der Waals surface area contributed by atoms with E-state index in [1.165, 1.54) is 27.8 Å². The number of hydrogen-bond donors (Lipinski definition) is 1. The highest BCUT2D eigenvalue weighted by Gasteiger charge is 2.14. The van der Waals surface area contributed by atoms with E-state index in [1.807, 2.05) is 11.8 Å². The first-order valence-electron chi connectivity index (χ1n) is 5.80. The highest BCUT2D eigenvalue weighted by Crippen LogP contribution is 2.28. The first-order chi connectivity index (χ1) is 7.49. The van der Waals surface area contributed by atoms with Crippen molar-refractivity contribution in [3.05, 3.63) is 33.9 Å². The number of rotatable bonds is 4. The van der Waals surface area contributed by atoms with Gasteiger partial charge in [0.2, 0.25) is 0 Å². The molecule has 0 bridgehead atoms. The van der Waals surface area contributed by atoms with Crippen molar-refractivity contribution in [3.8, 4) is 0 Å². The summed E-state index contributed by atoms with van der Waals surface area (Å²) in [4.78, 5) is 0. The molecule has 0 aliphatic rings. The fourth-order valence-electron chi connectivity index (χ4n) is 2.19. The second kappa shape index (κ2) is 5.74. The smallest absolute Gasteiger partial charge is 0.0308 e. The highest BCUT2D eigenvalue weighted by atomic mass is 32.2. The van der Waals surface area contributed by atoms with Crippen LogP contribution in [0.3, 0.4) is 0 Å². The number of aryl methyl sites for hydroxylation is 2. The molecule has 2 N–H and O–H groups in total. The molecule has 90 valence electrons. The minimum Gasteiger partial charge on any atom is -0.324 e. The Balaban J connectivity index is 3.11. The van der Waals surface area contributed by atoms with Crippen LogP contribution in [0.25, 0.3) is 0 Å². The van der Waals surface area contributed by atoms with Crippen LogP contribution >= 0.6 is 11.8 Å². The Morgan fingerprint density at radius 1 is 1.12 bits per heavy atom. The second-order valence-electron chi connectivity index (χ2n) is 4.56. The maximum atomic E-state index is 6.31. The molecule has 1 aromatic carbocycles. The molecule has 0 fully saturated rings. The van der Waals surface area contributed by atoms with Gasteiger partial charge < -0.3 is 5.73 Å². The maximum Gasteiger partial charge on any atom is 0.0308 e. The SMILES string of the molecule is CSCCC(N)c1c(C)c(C)cc(C)c1C. The first-order valence-corrected chi connectivity index (χ1v) is 7.20. The van der Waals surface area contributed by atoms with Gasteiger partial charge in [-0.1, -0.05) is 6.07 Å². The summed E-state index contributed by atoms with van der Waals surface area (Å²) in [5.74, 6) is 1.13. The fraction of sp³-hybridized carbons (Fsp3) is 0.571. The molecule has 0 radical (unpaired) electrons. The normalized spacial score (nSPS) is 12.9. The maximum absolute atomic E-state index is 6.31. The molecule has 0 heterocycles. The zero-order valence-electron chi connectivity index (χ0n) is 11.1. The standard InChI is InChI=1S/C14H23NS/c1-9-8-10(2)12(4)14(11(9)3)13(15)6-7-16-5/h8,13H,6-7,15H2,1-5H3. The monoisotopic (exact) mass is 237 g/mol. The summed E-state index contributed by atoms with van der Waals surface area (Å²) < 4.78 is 0. The molecule has 0 amide bonds. The molecule has 0 aromatic heterocycles. The summed E-state index contributed by atoms with van der Waals surface area (Å²) in [5.41, 5.74) is 13.1. The molecule has 1 atom stereocenters. The third-order valence-corrected chi connectivity index (χ3v) is 4.07. The van der Waals surface area contributed by atoms with Crippen molar-refractivity contribution in [3.63, 3.8) is 0 Å². The van der Waals surface area contributed by atoms with Gasteiger partial charge in [-0.25, -0.2) is 0 Å². The van der Waals surface area contributed by atoms with Gasteiger partial charge in [-0.3, -0.25) is 0 Å². The Bertz CT molecular complexity index is 345. The lowest BCUT2D eigenvalue weighted by Gasteiger charge is -2.20. The van der Waals surface area contributed by atoms with Gasteiger partial charge in [-0.2, -0.15) is 11.8 Å². The van der Waals surface area contributed by atoms with E-state index < -0.39 is 0 Å². The predicted octanol–water partition coefficient (Wildman–Crippen LogP) is 3.67. The lowest BCUT2D eigenvalue weighted by Crippen LogP contribution is -2.15. The summed E-state index contributed by atoms with van der Waals surface area (Å²) >= 11 is 1.86. The Kier molecular flexibility index (Phi) is 4.88. The molecule has 1 rings (SSSR count). The van der Waals surface area contributed by atoms with Crippen LogP contribution < -0.4 is 5.73 Å². The Morgan fingerprint density at radius 2 is 1.62 bits per heavy atom. The molecule has 2 heteroatoms. The van der Waals surface area contributed by atoms with Gasteiger partial charge >= 0.3 is 0 Å². The molecule has 0 aliphatic heterocycles. The van der Waals surface area contributed by atoms with Crippen LogP contribution in [-0.2, 0) is 0 Å². The Labute approximate surface area is 104 Å². The van der Waals surface area contributed by atoms with Crippen molar-refractivity contribution in [1.82, 2.24) is 0 Å². The zero-order chi connectivity index (χ0) is 12.3. The van der Waals surface area contributed by atoms with E-state index in [1.54, 1.807) is 0 Å². The van der Waals surface area contributed by atoms with Crippen molar-refractivity contribution < 1.29 is 0 Å². The van der Waals surface area contributed by atoms with Gasteiger partial charge in [0.25, 0.3) is 0 Å². The van der Waals surface area contributed by atoms with Crippen molar-refractivity contribution in [2.24, 2.45) is 5.73 Å². The molecule has 1 aromatic rings. The van der Waals surface area contributed by atoms with E-state index in [0.29, 0.717) is 0 Å². The van der Waals surface area contributed by atoms with Crippen LogP contribution in [0.4, 0.5) is 0 Å². The lowest BCUT2D eigenvalue weighted by molar-refractivity contribution is 0.693. The van der Waals surface area contributed by atoms with Crippen LogP contribution in [0.15, 0.2) is 6.07 Å². The van der Waals surface area contributed by atoms with E-state index in [0.717, 1.165) is 12.2 Å². The van der Waals surface area contributed by atoms with E-state index >= 15 is 0 Å². The van der Waals surface area contributed by atoms with Crippen LogP contribution in [0.1, 0.15) is 40.3 Å². The molecule has 1 unspecified atom stereocenters. The Hall–Kier alpha value is -0.470. The van der Waals surface area contributed by atoms with Crippen LogP contribution in [0.2, 0.25) is 0 Å². The lowest BCUT2D eigenvalue weighted by atomic mass is 9.89. The average Bonchev–Trinajstić information content (AvgIpc) is 2.24. The largest absolute Gasteiger partial charge is 0.324 e. The minimum atomic E-state index is 0.186. The van der Waals surface area contributed by atoms with Crippen molar-refractivity contribution in [2.75, 3.05) is 12.0 Å². The Morgan fingerprint density at radius 3 is 2.06 bits per heavy atom. The number of nitrogens with two attached hydrogens (primary N) is 1. The van der Waals surface area contributed by atoms with Crippen molar-refractivity contribution in [2.45, 2.75) is 40.2 Å². The molecule has 1 nitrogen and oxygen atoms in total. The molecule has 0 saturated heterocycles. The quantitative estimate of drug-likeness (QED) is 0.864. The van der Waals surface area contributed by atoms with E-state index in [-0.39, 0.29) is 6.04 Å². The van der Waals surface area contributed by atoms with Gasteiger partial charge in [0.05, 0.1) is 0 Å².